The molecule has 0 aromatic carbocycles. The molecule has 6 heteroatoms. The predicted molar refractivity (Wildman–Crippen MR) is 72.9 cm³/mol. The Kier molecular flexibility index (Phi) is 6.67. The Labute approximate surface area is 114 Å². The second-order valence-electron chi connectivity index (χ2n) is 3.92. The number of anilines is 1. The van der Waals surface area contributed by atoms with Crippen molar-refractivity contribution in [3.8, 4) is 0 Å². The molecule has 18 heavy (non-hydrogen) atoms. The molecule has 0 fully saturated rings. The van der Waals surface area contributed by atoms with Crippen LogP contribution in [0.2, 0.25) is 0 Å². The van der Waals surface area contributed by atoms with Crippen molar-refractivity contribution in [2.75, 3.05) is 18.5 Å². The molecule has 5 nitrogen and oxygen atoms in total. The number of rotatable bonds is 8. The molecule has 0 amide bonds. The highest BCUT2D eigenvalue weighted by molar-refractivity contribution is 9.10. The van der Waals surface area contributed by atoms with Gasteiger partial charge in [-0.25, -0.2) is 9.78 Å². The number of carboxylic acid groups (broad SMARTS) is 1. The molecule has 100 valence electrons. The summed E-state index contributed by atoms with van der Waals surface area (Å²) < 4.78 is 0.647. The van der Waals surface area contributed by atoms with Crippen LogP contribution in [0.15, 0.2) is 16.7 Å². The molecular weight excluding hydrogens is 300 g/mol. The standard InChI is InChI=1S/C12H17BrN2O3/c13-9-7-10(12(17)18)11(15-8-9)14-5-3-1-2-4-6-16/h7-8,16H,1-6H2,(H,14,15)(H,17,18). The van der Waals surface area contributed by atoms with E-state index in [-0.39, 0.29) is 12.2 Å². The Balaban J connectivity index is 2.44. The van der Waals surface area contributed by atoms with Crippen LogP contribution >= 0.6 is 15.9 Å². The van der Waals surface area contributed by atoms with Gasteiger partial charge in [-0.05, 0) is 34.8 Å². The van der Waals surface area contributed by atoms with E-state index in [1.54, 1.807) is 6.20 Å². The van der Waals surface area contributed by atoms with Crippen molar-refractivity contribution in [2.45, 2.75) is 25.7 Å². The lowest BCUT2D eigenvalue weighted by Gasteiger charge is -2.08. The maximum Gasteiger partial charge on any atom is 0.339 e. The molecule has 0 spiro atoms. The number of pyridine rings is 1. The molecule has 1 aromatic rings. The van der Waals surface area contributed by atoms with Gasteiger partial charge in [0.05, 0.1) is 0 Å². The number of aliphatic hydroxyl groups is 1. The zero-order chi connectivity index (χ0) is 13.4. The Morgan fingerprint density at radius 2 is 2.06 bits per heavy atom. The second-order valence-corrected chi connectivity index (χ2v) is 4.84. The first-order chi connectivity index (χ1) is 8.65. The van der Waals surface area contributed by atoms with E-state index < -0.39 is 5.97 Å². The van der Waals surface area contributed by atoms with Crippen LogP contribution in [0.1, 0.15) is 36.0 Å². The molecule has 0 saturated heterocycles. The van der Waals surface area contributed by atoms with Crippen molar-refractivity contribution in [1.82, 2.24) is 4.98 Å². The zero-order valence-corrected chi connectivity index (χ0v) is 11.6. The molecule has 3 N–H and O–H groups in total. The number of aromatic carboxylic acids is 1. The molecule has 0 aliphatic carbocycles. The van der Waals surface area contributed by atoms with Gasteiger partial charge in [0.25, 0.3) is 0 Å². The average Bonchev–Trinajstić information content (AvgIpc) is 2.35. The molecule has 0 unspecified atom stereocenters. The number of unbranched alkanes of at least 4 members (excludes halogenated alkanes) is 3. The molecule has 0 radical (unpaired) electrons. The first-order valence-electron chi connectivity index (χ1n) is 5.88. The summed E-state index contributed by atoms with van der Waals surface area (Å²) in [6, 6.07) is 1.53. The van der Waals surface area contributed by atoms with Crippen molar-refractivity contribution in [3.63, 3.8) is 0 Å². The molecule has 1 rings (SSSR count). The van der Waals surface area contributed by atoms with Crippen molar-refractivity contribution >= 4 is 27.7 Å². The van der Waals surface area contributed by atoms with Crippen LogP contribution < -0.4 is 5.32 Å². The van der Waals surface area contributed by atoms with Crippen LogP contribution in [-0.2, 0) is 0 Å². The number of hydrogen-bond acceptors (Lipinski definition) is 4. The summed E-state index contributed by atoms with van der Waals surface area (Å²) in [4.78, 5) is 15.1. The Hall–Kier alpha value is -1.14. The summed E-state index contributed by atoms with van der Waals surface area (Å²) in [7, 11) is 0. The van der Waals surface area contributed by atoms with Crippen molar-refractivity contribution in [3.05, 3.63) is 22.3 Å². The lowest BCUT2D eigenvalue weighted by molar-refractivity contribution is 0.0697. The number of hydrogen-bond donors (Lipinski definition) is 3. The van der Waals surface area contributed by atoms with Gasteiger partial charge in [-0.2, -0.15) is 0 Å². The maximum atomic E-state index is 11.0. The van der Waals surface area contributed by atoms with Crippen LogP contribution in [0.4, 0.5) is 5.82 Å². The fourth-order valence-electron chi connectivity index (χ4n) is 1.54. The molecular formula is C12H17BrN2O3. The van der Waals surface area contributed by atoms with E-state index in [0.717, 1.165) is 25.7 Å². The Bertz CT molecular complexity index is 399. The van der Waals surface area contributed by atoms with Gasteiger partial charge in [0.2, 0.25) is 0 Å². The molecule has 0 atom stereocenters. The minimum Gasteiger partial charge on any atom is -0.478 e. The van der Waals surface area contributed by atoms with Crippen molar-refractivity contribution < 1.29 is 15.0 Å². The summed E-state index contributed by atoms with van der Waals surface area (Å²) in [6.45, 7) is 0.908. The highest BCUT2D eigenvalue weighted by Gasteiger charge is 2.11. The average molecular weight is 317 g/mol. The topological polar surface area (TPSA) is 82.5 Å². The number of carbonyl (C=O) groups is 1. The van der Waals surface area contributed by atoms with E-state index in [0.29, 0.717) is 16.8 Å². The number of nitrogens with one attached hydrogen (secondary N) is 1. The summed E-state index contributed by atoms with van der Waals surface area (Å²) >= 11 is 3.20. The van der Waals surface area contributed by atoms with E-state index in [1.165, 1.54) is 6.07 Å². The maximum absolute atomic E-state index is 11.0. The molecule has 1 aromatic heterocycles. The van der Waals surface area contributed by atoms with Crippen LogP contribution in [0.5, 0.6) is 0 Å². The van der Waals surface area contributed by atoms with Gasteiger partial charge in [0.1, 0.15) is 11.4 Å². The van der Waals surface area contributed by atoms with E-state index in [9.17, 15) is 4.79 Å². The minimum absolute atomic E-state index is 0.166. The molecule has 0 bridgehead atoms. The summed E-state index contributed by atoms with van der Waals surface area (Å²) in [6.07, 6.45) is 5.30. The second kappa shape index (κ2) is 8.05. The fraction of sp³-hybridized carbons (Fsp3) is 0.500. The number of halogens is 1. The fourth-order valence-corrected chi connectivity index (χ4v) is 1.87. The zero-order valence-electron chi connectivity index (χ0n) is 10.0. The Morgan fingerprint density at radius 3 is 2.72 bits per heavy atom. The quantitative estimate of drug-likeness (QED) is 0.642. The van der Waals surface area contributed by atoms with Gasteiger partial charge in [0.15, 0.2) is 0 Å². The molecule has 1 heterocycles. The number of carboxylic acids is 1. The third kappa shape index (κ3) is 5.01. The van der Waals surface area contributed by atoms with Crippen LogP contribution in [0.25, 0.3) is 0 Å². The van der Waals surface area contributed by atoms with E-state index >= 15 is 0 Å². The predicted octanol–water partition coefficient (Wildman–Crippen LogP) is 2.51. The molecule has 0 aliphatic rings. The number of aliphatic hydroxyl groups excluding tert-OH is 1. The monoisotopic (exact) mass is 316 g/mol. The van der Waals surface area contributed by atoms with Gasteiger partial charge < -0.3 is 15.5 Å². The lowest BCUT2D eigenvalue weighted by Crippen LogP contribution is -2.09. The van der Waals surface area contributed by atoms with Gasteiger partial charge in [-0.3, -0.25) is 0 Å². The summed E-state index contributed by atoms with van der Waals surface area (Å²) in [5, 5.41) is 20.7. The van der Waals surface area contributed by atoms with Gasteiger partial charge in [-0.1, -0.05) is 12.8 Å². The van der Waals surface area contributed by atoms with E-state index in [1.807, 2.05) is 0 Å². The van der Waals surface area contributed by atoms with Crippen LogP contribution in [0, 0.1) is 0 Å². The van der Waals surface area contributed by atoms with Gasteiger partial charge in [-0.15, -0.1) is 0 Å². The summed E-state index contributed by atoms with van der Waals surface area (Å²) in [5.74, 6) is -0.598. The summed E-state index contributed by atoms with van der Waals surface area (Å²) in [5.41, 5.74) is 0.166. The number of aromatic nitrogens is 1. The largest absolute Gasteiger partial charge is 0.478 e. The van der Waals surface area contributed by atoms with Gasteiger partial charge in [0, 0.05) is 23.8 Å². The minimum atomic E-state index is -0.994. The Morgan fingerprint density at radius 1 is 1.33 bits per heavy atom. The first kappa shape index (κ1) is 14.9. The van der Waals surface area contributed by atoms with E-state index in [2.05, 4.69) is 26.2 Å². The highest BCUT2D eigenvalue weighted by atomic mass is 79.9. The normalized spacial score (nSPS) is 10.3. The van der Waals surface area contributed by atoms with Crippen LogP contribution in [0.3, 0.4) is 0 Å². The van der Waals surface area contributed by atoms with Gasteiger partial charge >= 0.3 is 5.97 Å². The SMILES string of the molecule is O=C(O)c1cc(Br)cnc1NCCCCCCO. The van der Waals surface area contributed by atoms with Crippen molar-refractivity contribution in [1.29, 1.82) is 0 Å². The first-order valence-corrected chi connectivity index (χ1v) is 6.68. The smallest absolute Gasteiger partial charge is 0.339 e. The molecule has 0 saturated carbocycles. The third-order valence-corrected chi connectivity index (χ3v) is 2.90. The molecule has 0 aliphatic heterocycles. The lowest BCUT2D eigenvalue weighted by atomic mass is 10.2. The van der Waals surface area contributed by atoms with Crippen molar-refractivity contribution in [2.24, 2.45) is 0 Å². The van der Waals surface area contributed by atoms with Crippen LogP contribution in [-0.4, -0.2) is 34.3 Å². The van der Waals surface area contributed by atoms with E-state index in [4.69, 9.17) is 10.2 Å². The highest BCUT2D eigenvalue weighted by Crippen LogP contribution is 2.18. The third-order valence-electron chi connectivity index (χ3n) is 2.46. The number of nitrogens with zero attached hydrogens (tertiary/aromatic N) is 1.